The predicted molar refractivity (Wildman–Crippen MR) is 67.0 cm³/mol. The SMILES string of the molecule is CCC(C)(C)N(C)c1nc(NN)nc(OC)n1. The molecule has 1 rings (SSSR count). The van der Waals surface area contributed by atoms with E-state index in [2.05, 4.69) is 41.1 Å². The molecule has 0 saturated heterocycles. The molecule has 0 radical (unpaired) electrons. The fourth-order valence-electron chi connectivity index (χ4n) is 1.16. The summed E-state index contributed by atoms with van der Waals surface area (Å²) in [5, 5.41) is 0. The number of hydrogen-bond acceptors (Lipinski definition) is 7. The van der Waals surface area contributed by atoms with E-state index in [4.69, 9.17) is 10.6 Å². The molecule has 0 aliphatic heterocycles. The molecule has 0 bridgehead atoms. The molecule has 17 heavy (non-hydrogen) atoms. The molecule has 0 fully saturated rings. The molecule has 7 nitrogen and oxygen atoms in total. The minimum absolute atomic E-state index is 0.0573. The number of nitrogens with zero attached hydrogens (tertiary/aromatic N) is 4. The first-order valence-corrected chi connectivity index (χ1v) is 5.45. The fourth-order valence-corrected chi connectivity index (χ4v) is 1.16. The van der Waals surface area contributed by atoms with Crippen LogP contribution in [0.4, 0.5) is 11.9 Å². The van der Waals surface area contributed by atoms with Crippen molar-refractivity contribution in [3.63, 3.8) is 0 Å². The monoisotopic (exact) mass is 240 g/mol. The lowest BCUT2D eigenvalue weighted by Crippen LogP contribution is -2.41. The Kier molecular flexibility index (Phi) is 4.06. The highest BCUT2D eigenvalue weighted by Gasteiger charge is 2.24. The molecule has 1 aromatic heterocycles. The van der Waals surface area contributed by atoms with E-state index in [0.717, 1.165) is 6.42 Å². The number of methoxy groups -OCH3 is 1. The van der Waals surface area contributed by atoms with Gasteiger partial charge >= 0.3 is 6.01 Å². The summed E-state index contributed by atoms with van der Waals surface area (Å²) in [7, 11) is 3.43. The molecular formula is C10H20N6O. The maximum atomic E-state index is 5.31. The highest BCUT2D eigenvalue weighted by molar-refractivity contribution is 5.39. The number of nitrogens with one attached hydrogen (secondary N) is 1. The van der Waals surface area contributed by atoms with Crippen LogP contribution < -0.4 is 20.9 Å². The van der Waals surface area contributed by atoms with Crippen LogP contribution in [0, 0.1) is 0 Å². The zero-order valence-corrected chi connectivity index (χ0v) is 11.0. The highest BCUT2D eigenvalue weighted by atomic mass is 16.5. The van der Waals surface area contributed by atoms with Crippen molar-refractivity contribution >= 4 is 11.9 Å². The second-order valence-corrected chi connectivity index (χ2v) is 4.32. The lowest BCUT2D eigenvalue weighted by molar-refractivity contribution is 0.376. The third-order valence-corrected chi connectivity index (χ3v) is 2.99. The molecule has 0 aromatic carbocycles. The molecule has 0 aliphatic rings. The average Bonchev–Trinajstić information content (AvgIpc) is 2.36. The molecule has 7 heteroatoms. The largest absolute Gasteiger partial charge is 0.467 e. The van der Waals surface area contributed by atoms with Gasteiger partial charge in [0.1, 0.15) is 0 Å². The van der Waals surface area contributed by atoms with Gasteiger partial charge in [-0.25, -0.2) is 5.84 Å². The van der Waals surface area contributed by atoms with Crippen molar-refractivity contribution in [3.05, 3.63) is 0 Å². The van der Waals surface area contributed by atoms with Crippen molar-refractivity contribution in [2.75, 3.05) is 24.5 Å². The van der Waals surface area contributed by atoms with E-state index in [1.165, 1.54) is 7.11 Å². The van der Waals surface area contributed by atoms with Crippen molar-refractivity contribution in [3.8, 4) is 6.01 Å². The molecule has 96 valence electrons. The van der Waals surface area contributed by atoms with E-state index < -0.39 is 0 Å². The van der Waals surface area contributed by atoms with Crippen molar-refractivity contribution in [2.24, 2.45) is 5.84 Å². The van der Waals surface area contributed by atoms with Gasteiger partial charge in [0, 0.05) is 12.6 Å². The minimum atomic E-state index is -0.0573. The molecule has 0 atom stereocenters. The van der Waals surface area contributed by atoms with Crippen LogP contribution in [0.25, 0.3) is 0 Å². The number of hydrazine groups is 1. The van der Waals surface area contributed by atoms with E-state index in [1.54, 1.807) is 0 Å². The second-order valence-electron chi connectivity index (χ2n) is 4.32. The lowest BCUT2D eigenvalue weighted by Gasteiger charge is -2.34. The van der Waals surface area contributed by atoms with Crippen LogP contribution in [0.5, 0.6) is 6.01 Å². The Morgan fingerprint density at radius 1 is 1.35 bits per heavy atom. The van der Waals surface area contributed by atoms with E-state index in [-0.39, 0.29) is 17.5 Å². The number of hydrogen-bond donors (Lipinski definition) is 2. The van der Waals surface area contributed by atoms with E-state index in [1.807, 2.05) is 11.9 Å². The van der Waals surface area contributed by atoms with Gasteiger partial charge in [-0.15, -0.1) is 0 Å². The summed E-state index contributed by atoms with van der Waals surface area (Å²) in [6, 6.07) is 0.238. The Morgan fingerprint density at radius 3 is 2.47 bits per heavy atom. The van der Waals surface area contributed by atoms with Gasteiger partial charge in [0.15, 0.2) is 0 Å². The summed E-state index contributed by atoms with van der Waals surface area (Å²) in [4.78, 5) is 14.3. The normalized spacial score (nSPS) is 11.2. The summed E-state index contributed by atoms with van der Waals surface area (Å²) in [6.07, 6.45) is 0.961. The van der Waals surface area contributed by atoms with Crippen LogP contribution in [0.15, 0.2) is 0 Å². The first-order valence-electron chi connectivity index (χ1n) is 5.45. The molecule has 0 unspecified atom stereocenters. The topological polar surface area (TPSA) is 89.2 Å². The van der Waals surface area contributed by atoms with E-state index in [9.17, 15) is 0 Å². The molecular weight excluding hydrogens is 220 g/mol. The third-order valence-electron chi connectivity index (χ3n) is 2.99. The summed E-state index contributed by atoms with van der Waals surface area (Å²) in [6.45, 7) is 6.33. The van der Waals surface area contributed by atoms with Crippen LogP contribution in [0.2, 0.25) is 0 Å². The smallest absolute Gasteiger partial charge is 0.322 e. The maximum absolute atomic E-state index is 5.31. The number of nitrogens with two attached hydrogens (primary N) is 1. The first kappa shape index (κ1) is 13.4. The third kappa shape index (κ3) is 2.94. The average molecular weight is 240 g/mol. The number of anilines is 2. The zero-order chi connectivity index (χ0) is 13.1. The summed E-state index contributed by atoms with van der Waals surface area (Å²) < 4.78 is 5.01. The Balaban J connectivity index is 3.12. The standard InChI is InChI=1S/C10H20N6O/c1-6-10(2,3)16(4)8-12-7(15-11)13-9(14-8)17-5/h6,11H2,1-5H3,(H,12,13,14,15). The van der Waals surface area contributed by atoms with Gasteiger partial charge < -0.3 is 9.64 Å². The Morgan fingerprint density at radius 2 is 2.00 bits per heavy atom. The quantitative estimate of drug-likeness (QED) is 0.581. The Labute approximate surface area is 101 Å². The molecule has 0 spiro atoms. The maximum Gasteiger partial charge on any atom is 0.322 e. The van der Waals surface area contributed by atoms with Gasteiger partial charge in [-0.3, -0.25) is 5.43 Å². The minimum Gasteiger partial charge on any atom is -0.467 e. The van der Waals surface area contributed by atoms with Gasteiger partial charge in [0.2, 0.25) is 11.9 Å². The van der Waals surface area contributed by atoms with Gasteiger partial charge in [0.25, 0.3) is 0 Å². The Bertz CT molecular complexity index is 359. The molecule has 0 aliphatic carbocycles. The van der Waals surface area contributed by atoms with Crippen molar-refractivity contribution in [2.45, 2.75) is 32.7 Å². The second kappa shape index (κ2) is 5.13. The number of rotatable bonds is 5. The van der Waals surface area contributed by atoms with Crippen LogP contribution in [-0.4, -0.2) is 34.6 Å². The van der Waals surface area contributed by atoms with Gasteiger partial charge in [0.05, 0.1) is 7.11 Å². The Hall–Kier alpha value is -1.63. The lowest BCUT2D eigenvalue weighted by atomic mass is 10.0. The predicted octanol–water partition coefficient (Wildman–Crippen LogP) is 0.791. The molecule has 0 saturated carbocycles. The van der Waals surface area contributed by atoms with E-state index >= 15 is 0 Å². The van der Waals surface area contributed by atoms with Crippen molar-refractivity contribution < 1.29 is 4.74 Å². The molecule has 3 N–H and O–H groups in total. The highest BCUT2D eigenvalue weighted by Crippen LogP contribution is 2.23. The van der Waals surface area contributed by atoms with Gasteiger partial charge in [-0.2, -0.15) is 15.0 Å². The van der Waals surface area contributed by atoms with E-state index in [0.29, 0.717) is 5.95 Å². The van der Waals surface area contributed by atoms with Crippen LogP contribution >= 0.6 is 0 Å². The van der Waals surface area contributed by atoms with Crippen LogP contribution in [0.1, 0.15) is 27.2 Å². The molecule has 0 amide bonds. The van der Waals surface area contributed by atoms with Crippen molar-refractivity contribution in [1.82, 2.24) is 15.0 Å². The van der Waals surface area contributed by atoms with Crippen LogP contribution in [0.3, 0.4) is 0 Å². The molecule has 1 heterocycles. The first-order chi connectivity index (χ1) is 7.94. The summed E-state index contributed by atoms with van der Waals surface area (Å²) >= 11 is 0. The number of nitrogen functional groups attached to an aromatic ring is 1. The van der Waals surface area contributed by atoms with Gasteiger partial charge in [-0.1, -0.05) is 6.92 Å². The van der Waals surface area contributed by atoms with Crippen LogP contribution in [-0.2, 0) is 0 Å². The number of aromatic nitrogens is 3. The number of ether oxygens (including phenoxy) is 1. The molecule has 1 aromatic rings. The van der Waals surface area contributed by atoms with Gasteiger partial charge in [-0.05, 0) is 20.3 Å². The zero-order valence-electron chi connectivity index (χ0n) is 11.0. The fraction of sp³-hybridized carbons (Fsp3) is 0.700. The summed E-state index contributed by atoms with van der Waals surface area (Å²) in [5.41, 5.74) is 2.34. The summed E-state index contributed by atoms with van der Waals surface area (Å²) in [5.74, 6) is 6.11. The van der Waals surface area contributed by atoms with Crippen molar-refractivity contribution in [1.29, 1.82) is 0 Å².